The van der Waals surface area contributed by atoms with Gasteiger partial charge in [0.05, 0.1) is 0 Å². The monoisotopic (exact) mass is 426 g/mol. The van der Waals surface area contributed by atoms with Crippen LogP contribution in [0.3, 0.4) is 0 Å². The van der Waals surface area contributed by atoms with E-state index in [9.17, 15) is 14.4 Å². The van der Waals surface area contributed by atoms with Crippen LogP contribution in [-0.4, -0.2) is 29.4 Å². The van der Waals surface area contributed by atoms with E-state index in [1.165, 1.54) is 0 Å². The average Bonchev–Trinajstić information content (AvgIpc) is 3.57. The van der Waals surface area contributed by atoms with Crippen molar-refractivity contribution in [3.63, 3.8) is 0 Å². The molecule has 1 fully saturated rings. The molecule has 2 aromatic carbocycles. The number of benzene rings is 2. The quantitative estimate of drug-likeness (QED) is 0.416. The SMILES string of the molecule is Cc1ccccc1OCC(=O)NC(=S)NNC(=O)c1ccc(NC(=O)C2CC2)cc1. The summed E-state index contributed by atoms with van der Waals surface area (Å²) in [4.78, 5) is 35.8. The summed E-state index contributed by atoms with van der Waals surface area (Å²) in [6.07, 6.45) is 1.85. The Hall–Kier alpha value is -3.46. The predicted octanol–water partition coefficient (Wildman–Crippen LogP) is 2.06. The Balaban J connectivity index is 1.39. The largest absolute Gasteiger partial charge is 0.483 e. The number of nitrogens with one attached hydrogen (secondary N) is 4. The van der Waals surface area contributed by atoms with Gasteiger partial charge in [0.25, 0.3) is 11.8 Å². The molecule has 0 aliphatic heterocycles. The average molecular weight is 426 g/mol. The molecule has 8 nitrogen and oxygen atoms in total. The van der Waals surface area contributed by atoms with E-state index >= 15 is 0 Å². The van der Waals surface area contributed by atoms with Crippen LogP contribution in [0, 0.1) is 12.8 Å². The van der Waals surface area contributed by atoms with Gasteiger partial charge in [-0.3, -0.25) is 30.6 Å². The molecule has 2 aromatic rings. The summed E-state index contributed by atoms with van der Waals surface area (Å²) in [7, 11) is 0. The van der Waals surface area contributed by atoms with Crippen molar-refractivity contribution in [2.75, 3.05) is 11.9 Å². The minimum Gasteiger partial charge on any atom is -0.483 e. The smallest absolute Gasteiger partial charge is 0.269 e. The minimum atomic E-state index is -0.458. The van der Waals surface area contributed by atoms with Crippen LogP contribution in [0.1, 0.15) is 28.8 Å². The van der Waals surface area contributed by atoms with Crippen molar-refractivity contribution in [2.24, 2.45) is 5.92 Å². The first-order valence-corrected chi connectivity index (χ1v) is 9.82. The number of carbonyl (C=O) groups excluding carboxylic acids is 3. The highest BCUT2D eigenvalue weighted by molar-refractivity contribution is 7.80. The molecule has 0 atom stereocenters. The molecule has 0 unspecified atom stereocenters. The number of hydrazine groups is 1. The van der Waals surface area contributed by atoms with Crippen LogP contribution in [-0.2, 0) is 9.59 Å². The maximum absolute atomic E-state index is 12.2. The predicted molar refractivity (Wildman–Crippen MR) is 116 cm³/mol. The lowest BCUT2D eigenvalue weighted by Gasteiger charge is -2.12. The first-order chi connectivity index (χ1) is 14.4. The zero-order valence-electron chi connectivity index (χ0n) is 16.4. The van der Waals surface area contributed by atoms with Crippen LogP contribution in [0.2, 0.25) is 0 Å². The molecule has 156 valence electrons. The molecule has 1 aliphatic carbocycles. The fraction of sp³-hybridized carbons (Fsp3) is 0.238. The number of hydrogen-bond donors (Lipinski definition) is 4. The zero-order valence-corrected chi connectivity index (χ0v) is 17.2. The topological polar surface area (TPSA) is 109 Å². The molecule has 4 N–H and O–H groups in total. The van der Waals surface area contributed by atoms with Gasteiger partial charge in [0, 0.05) is 17.2 Å². The lowest BCUT2D eigenvalue weighted by Crippen LogP contribution is -2.49. The molecular formula is C21H22N4O4S. The molecule has 0 radical (unpaired) electrons. The van der Waals surface area contributed by atoms with Crippen molar-refractivity contribution >= 4 is 40.7 Å². The van der Waals surface area contributed by atoms with Crippen LogP contribution < -0.4 is 26.2 Å². The Labute approximate surface area is 179 Å². The van der Waals surface area contributed by atoms with Gasteiger partial charge in [-0.15, -0.1) is 0 Å². The fourth-order valence-electron chi connectivity index (χ4n) is 2.54. The zero-order chi connectivity index (χ0) is 21.5. The number of thiocarbonyl (C=S) groups is 1. The van der Waals surface area contributed by atoms with Crippen molar-refractivity contribution in [3.8, 4) is 5.75 Å². The molecule has 9 heteroatoms. The lowest BCUT2D eigenvalue weighted by atomic mass is 10.2. The summed E-state index contributed by atoms with van der Waals surface area (Å²) >= 11 is 4.99. The molecule has 0 saturated heterocycles. The highest BCUT2D eigenvalue weighted by Gasteiger charge is 2.29. The van der Waals surface area contributed by atoms with Gasteiger partial charge in [-0.25, -0.2) is 0 Å². The molecular weight excluding hydrogens is 404 g/mol. The normalized spacial score (nSPS) is 12.4. The summed E-state index contributed by atoms with van der Waals surface area (Å²) in [5, 5.41) is 5.16. The second kappa shape index (κ2) is 9.84. The molecule has 3 amide bonds. The first-order valence-electron chi connectivity index (χ1n) is 9.42. The highest BCUT2D eigenvalue weighted by atomic mass is 32.1. The second-order valence-corrected chi connectivity index (χ2v) is 7.26. The van der Waals surface area contributed by atoms with E-state index in [-0.39, 0.29) is 23.5 Å². The number of para-hydroxylation sites is 1. The second-order valence-electron chi connectivity index (χ2n) is 6.85. The number of aryl methyl sites for hydroxylation is 1. The Morgan fingerprint density at radius 1 is 1.03 bits per heavy atom. The first kappa shape index (κ1) is 21.3. The Morgan fingerprint density at radius 3 is 2.40 bits per heavy atom. The summed E-state index contributed by atoms with van der Waals surface area (Å²) in [5.41, 5.74) is 6.78. The summed E-state index contributed by atoms with van der Waals surface area (Å²) < 4.78 is 5.43. The number of ether oxygens (including phenoxy) is 1. The van der Waals surface area contributed by atoms with Gasteiger partial charge in [-0.2, -0.15) is 0 Å². The van der Waals surface area contributed by atoms with Gasteiger partial charge < -0.3 is 10.1 Å². The van der Waals surface area contributed by atoms with E-state index < -0.39 is 11.8 Å². The molecule has 1 saturated carbocycles. The van der Waals surface area contributed by atoms with Crippen LogP contribution in [0.5, 0.6) is 5.75 Å². The Bertz CT molecular complexity index is 958. The third-order valence-corrected chi connectivity index (χ3v) is 4.56. The third kappa shape index (κ3) is 6.28. The number of amides is 3. The fourth-order valence-corrected chi connectivity index (χ4v) is 2.70. The molecule has 1 aliphatic rings. The number of carbonyl (C=O) groups is 3. The van der Waals surface area contributed by atoms with Crippen LogP contribution in [0.15, 0.2) is 48.5 Å². The van der Waals surface area contributed by atoms with E-state index in [1.54, 1.807) is 30.3 Å². The van der Waals surface area contributed by atoms with Crippen LogP contribution >= 0.6 is 12.2 Å². The summed E-state index contributed by atoms with van der Waals surface area (Å²) in [5.74, 6) is -0.183. The van der Waals surface area contributed by atoms with Gasteiger partial charge in [0.15, 0.2) is 11.7 Å². The number of rotatable bonds is 6. The van der Waals surface area contributed by atoms with Crippen LogP contribution in [0.4, 0.5) is 5.69 Å². The van der Waals surface area contributed by atoms with Gasteiger partial charge in [0.1, 0.15) is 5.75 Å². The maximum atomic E-state index is 12.2. The van der Waals surface area contributed by atoms with E-state index in [0.717, 1.165) is 18.4 Å². The van der Waals surface area contributed by atoms with Crippen molar-refractivity contribution in [1.82, 2.24) is 16.2 Å². The lowest BCUT2D eigenvalue weighted by molar-refractivity contribution is -0.121. The highest BCUT2D eigenvalue weighted by Crippen LogP contribution is 2.30. The molecule has 30 heavy (non-hydrogen) atoms. The Kier molecular flexibility index (Phi) is 6.97. The Morgan fingerprint density at radius 2 is 1.73 bits per heavy atom. The van der Waals surface area contributed by atoms with Crippen molar-refractivity contribution < 1.29 is 19.1 Å². The van der Waals surface area contributed by atoms with E-state index in [1.807, 2.05) is 25.1 Å². The van der Waals surface area contributed by atoms with Crippen molar-refractivity contribution in [1.29, 1.82) is 0 Å². The van der Waals surface area contributed by atoms with E-state index in [0.29, 0.717) is 17.0 Å². The molecule has 0 heterocycles. The van der Waals surface area contributed by atoms with E-state index in [2.05, 4.69) is 21.5 Å². The third-order valence-electron chi connectivity index (χ3n) is 4.36. The number of hydrogen-bond acceptors (Lipinski definition) is 5. The summed E-state index contributed by atoms with van der Waals surface area (Å²) in [6.45, 7) is 1.66. The van der Waals surface area contributed by atoms with Gasteiger partial charge in [0.2, 0.25) is 5.91 Å². The molecule has 0 aromatic heterocycles. The van der Waals surface area contributed by atoms with E-state index in [4.69, 9.17) is 17.0 Å². The van der Waals surface area contributed by atoms with Crippen molar-refractivity contribution in [2.45, 2.75) is 19.8 Å². The minimum absolute atomic E-state index is 0.00126. The van der Waals surface area contributed by atoms with Gasteiger partial charge >= 0.3 is 0 Å². The van der Waals surface area contributed by atoms with Crippen molar-refractivity contribution in [3.05, 3.63) is 59.7 Å². The molecule has 0 bridgehead atoms. The maximum Gasteiger partial charge on any atom is 0.269 e. The van der Waals surface area contributed by atoms with Gasteiger partial charge in [-0.05, 0) is 67.9 Å². The standard InChI is InChI=1S/C21H22N4O4S/c1-13-4-2-3-5-17(13)29-12-18(26)23-21(30)25-24-20(28)15-8-10-16(11-9-15)22-19(27)14-6-7-14/h2-5,8-11,14H,6-7,12H2,1H3,(H,22,27)(H,24,28)(H2,23,25,26,30). The summed E-state index contributed by atoms with van der Waals surface area (Å²) in [6, 6.07) is 13.8. The molecule has 0 spiro atoms. The van der Waals surface area contributed by atoms with Crippen LogP contribution in [0.25, 0.3) is 0 Å². The molecule has 3 rings (SSSR count). The number of anilines is 1. The van der Waals surface area contributed by atoms with Gasteiger partial charge in [-0.1, -0.05) is 18.2 Å².